The zero-order valence-corrected chi connectivity index (χ0v) is 17.2. The van der Waals surface area contributed by atoms with E-state index in [0.717, 1.165) is 31.5 Å². The zero-order valence-electron chi connectivity index (χ0n) is 16.4. The molecule has 1 aliphatic heterocycles. The smallest absolute Gasteiger partial charge is 0.329 e. The molecule has 1 amide bonds. The Bertz CT molecular complexity index is 1180. The van der Waals surface area contributed by atoms with E-state index in [1.165, 1.54) is 4.57 Å². The molecule has 3 aromatic rings. The number of aromatic amines is 1. The van der Waals surface area contributed by atoms with Crippen LogP contribution in [-0.4, -0.2) is 40.0 Å². The van der Waals surface area contributed by atoms with Crippen LogP contribution < -0.4 is 16.6 Å². The normalized spacial score (nSPS) is 15.4. The summed E-state index contributed by atoms with van der Waals surface area (Å²) in [5, 5.41) is 3.99. The highest BCUT2D eigenvalue weighted by molar-refractivity contribution is 6.31. The Balaban J connectivity index is 1.54. The van der Waals surface area contributed by atoms with E-state index < -0.39 is 11.2 Å². The second-order valence-corrected chi connectivity index (χ2v) is 7.85. The van der Waals surface area contributed by atoms with Gasteiger partial charge in [0.05, 0.1) is 16.9 Å². The van der Waals surface area contributed by atoms with Crippen molar-refractivity contribution < 1.29 is 4.79 Å². The van der Waals surface area contributed by atoms with E-state index in [-0.39, 0.29) is 18.5 Å². The van der Waals surface area contributed by atoms with Crippen LogP contribution in [0.3, 0.4) is 0 Å². The average molecular weight is 427 g/mol. The first-order chi connectivity index (χ1) is 14.5. The highest BCUT2D eigenvalue weighted by atomic mass is 35.5. The number of likely N-dealkylation sites (tertiary alicyclic amines) is 1. The maximum absolute atomic E-state index is 12.7. The van der Waals surface area contributed by atoms with Crippen molar-refractivity contribution in [3.8, 4) is 0 Å². The molecule has 0 aliphatic carbocycles. The van der Waals surface area contributed by atoms with E-state index in [0.29, 0.717) is 22.5 Å². The van der Waals surface area contributed by atoms with Gasteiger partial charge >= 0.3 is 5.69 Å². The molecule has 2 heterocycles. The molecule has 4 rings (SSSR count). The van der Waals surface area contributed by atoms with E-state index in [9.17, 15) is 14.4 Å². The Labute approximate surface area is 178 Å². The Morgan fingerprint density at radius 1 is 1.07 bits per heavy atom. The molecule has 2 N–H and O–H groups in total. The molecule has 0 bridgehead atoms. The number of H-pyrrole nitrogens is 1. The van der Waals surface area contributed by atoms with E-state index in [1.807, 2.05) is 24.3 Å². The number of benzene rings is 2. The minimum absolute atomic E-state index is 0.0332. The Morgan fingerprint density at radius 2 is 1.77 bits per heavy atom. The summed E-state index contributed by atoms with van der Waals surface area (Å²) in [6.07, 6.45) is 2.24. The second-order valence-electron chi connectivity index (χ2n) is 7.45. The van der Waals surface area contributed by atoms with Crippen LogP contribution in [0.4, 0.5) is 0 Å². The molecule has 1 aliphatic rings. The maximum Gasteiger partial charge on any atom is 0.329 e. The van der Waals surface area contributed by atoms with Crippen molar-refractivity contribution in [1.29, 1.82) is 0 Å². The molecule has 0 saturated carbocycles. The molecule has 0 spiro atoms. The number of fused-ring (bicyclic) bond motifs is 1. The Hall–Kier alpha value is -2.90. The average Bonchev–Trinajstić information content (AvgIpc) is 3.27. The van der Waals surface area contributed by atoms with Gasteiger partial charge < -0.3 is 5.32 Å². The van der Waals surface area contributed by atoms with Gasteiger partial charge in [-0.05, 0) is 49.7 Å². The number of carbonyl (C=O) groups is 1. The third kappa shape index (κ3) is 4.17. The molecule has 1 saturated heterocycles. The van der Waals surface area contributed by atoms with E-state index in [4.69, 9.17) is 11.6 Å². The first-order valence-electron chi connectivity index (χ1n) is 10.0. The van der Waals surface area contributed by atoms with Crippen LogP contribution in [0.5, 0.6) is 0 Å². The number of para-hydroxylation sites is 1. The molecule has 156 valence electrons. The lowest BCUT2D eigenvalue weighted by molar-refractivity contribution is -0.121. The molecular formula is C22H23ClN4O3. The molecule has 1 atom stereocenters. The summed E-state index contributed by atoms with van der Waals surface area (Å²) in [6, 6.07) is 14.4. The lowest BCUT2D eigenvalue weighted by Gasteiger charge is -2.29. The van der Waals surface area contributed by atoms with Crippen LogP contribution in [-0.2, 0) is 11.3 Å². The molecule has 0 radical (unpaired) electrons. The maximum atomic E-state index is 12.7. The SMILES string of the molecule is O=C(Cn1c(=O)[nH]c(=O)c2ccccc21)NCC(c1ccccc1Cl)N1CCCC1. The first kappa shape index (κ1) is 20.4. The lowest BCUT2D eigenvalue weighted by Crippen LogP contribution is -2.40. The fraction of sp³-hybridized carbons (Fsp3) is 0.318. The predicted molar refractivity (Wildman–Crippen MR) is 117 cm³/mol. The molecule has 1 fully saturated rings. The summed E-state index contributed by atoms with van der Waals surface area (Å²) in [5.41, 5.74) is 0.354. The minimum atomic E-state index is -0.601. The first-order valence-corrected chi connectivity index (χ1v) is 10.4. The standard InChI is InChI=1S/C22H23ClN4O3/c23-17-9-3-1-7-15(17)19(26-11-5-6-12-26)13-24-20(28)14-27-18-10-4-2-8-16(18)21(29)25-22(27)30/h1-4,7-10,19H,5-6,11-14H2,(H,24,28)(H,25,29,30). The zero-order chi connectivity index (χ0) is 21.1. The molecule has 8 heteroatoms. The van der Waals surface area contributed by atoms with Crippen LogP contribution in [0.2, 0.25) is 5.02 Å². The quantitative estimate of drug-likeness (QED) is 0.633. The number of nitrogens with zero attached hydrogens (tertiary/aromatic N) is 2. The van der Waals surface area contributed by atoms with Crippen molar-refractivity contribution in [2.24, 2.45) is 0 Å². The number of halogens is 1. The van der Waals surface area contributed by atoms with Gasteiger partial charge in [0, 0.05) is 11.6 Å². The number of aromatic nitrogens is 2. The predicted octanol–water partition coefficient (Wildman–Crippen LogP) is 2.30. The summed E-state index contributed by atoms with van der Waals surface area (Å²) in [4.78, 5) is 41.6. The van der Waals surface area contributed by atoms with Crippen LogP contribution in [0.25, 0.3) is 10.9 Å². The highest BCUT2D eigenvalue weighted by Gasteiger charge is 2.25. The van der Waals surface area contributed by atoms with Crippen molar-refractivity contribution in [3.05, 3.63) is 80.0 Å². The second kappa shape index (κ2) is 8.85. The number of rotatable bonds is 6. The van der Waals surface area contributed by atoms with Gasteiger partial charge in [-0.2, -0.15) is 0 Å². The van der Waals surface area contributed by atoms with Gasteiger partial charge in [0.1, 0.15) is 6.54 Å². The van der Waals surface area contributed by atoms with Crippen molar-refractivity contribution in [3.63, 3.8) is 0 Å². The molecule has 1 unspecified atom stereocenters. The monoisotopic (exact) mass is 426 g/mol. The Morgan fingerprint density at radius 3 is 2.53 bits per heavy atom. The number of amides is 1. The summed E-state index contributed by atoms with van der Waals surface area (Å²) in [7, 11) is 0. The largest absolute Gasteiger partial charge is 0.353 e. The van der Waals surface area contributed by atoms with Crippen molar-refractivity contribution in [2.75, 3.05) is 19.6 Å². The van der Waals surface area contributed by atoms with Gasteiger partial charge in [-0.15, -0.1) is 0 Å². The fourth-order valence-electron chi connectivity index (χ4n) is 4.04. The van der Waals surface area contributed by atoms with E-state index in [1.54, 1.807) is 24.3 Å². The number of nitrogens with one attached hydrogen (secondary N) is 2. The van der Waals surface area contributed by atoms with Crippen molar-refractivity contribution >= 4 is 28.4 Å². The third-order valence-corrected chi connectivity index (χ3v) is 5.89. The van der Waals surface area contributed by atoms with Crippen LogP contribution in [0, 0.1) is 0 Å². The van der Waals surface area contributed by atoms with Crippen molar-refractivity contribution in [1.82, 2.24) is 19.8 Å². The summed E-state index contributed by atoms with van der Waals surface area (Å²) >= 11 is 6.42. The van der Waals surface area contributed by atoms with Crippen LogP contribution >= 0.6 is 11.6 Å². The summed E-state index contributed by atoms with van der Waals surface area (Å²) in [5.74, 6) is -0.300. The van der Waals surface area contributed by atoms with Gasteiger partial charge in [-0.1, -0.05) is 41.9 Å². The molecule has 1 aromatic heterocycles. The molecule has 30 heavy (non-hydrogen) atoms. The van der Waals surface area contributed by atoms with Crippen molar-refractivity contribution in [2.45, 2.75) is 25.4 Å². The van der Waals surface area contributed by atoms with Gasteiger partial charge in [0.2, 0.25) is 5.91 Å². The third-order valence-electron chi connectivity index (χ3n) is 5.55. The lowest BCUT2D eigenvalue weighted by atomic mass is 10.1. The molecular weight excluding hydrogens is 404 g/mol. The summed E-state index contributed by atoms with van der Waals surface area (Å²) in [6.45, 7) is 2.12. The highest BCUT2D eigenvalue weighted by Crippen LogP contribution is 2.29. The van der Waals surface area contributed by atoms with E-state index in [2.05, 4.69) is 15.2 Å². The van der Waals surface area contributed by atoms with Gasteiger partial charge in [0.15, 0.2) is 0 Å². The molecule has 7 nitrogen and oxygen atoms in total. The van der Waals surface area contributed by atoms with Gasteiger partial charge in [-0.3, -0.25) is 24.0 Å². The Kier molecular flexibility index (Phi) is 6.01. The number of hydrogen-bond acceptors (Lipinski definition) is 4. The summed E-state index contributed by atoms with van der Waals surface area (Å²) < 4.78 is 1.28. The van der Waals surface area contributed by atoms with Crippen LogP contribution in [0.1, 0.15) is 24.4 Å². The number of carbonyl (C=O) groups excluding carboxylic acids is 1. The molecule has 2 aromatic carbocycles. The fourth-order valence-corrected chi connectivity index (χ4v) is 4.31. The number of hydrogen-bond donors (Lipinski definition) is 2. The minimum Gasteiger partial charge on any atom is -0.353 e. The van der Waals surface area contributed by atoms with Gasteiger partial charge in [0.25, 0.3) is 5.56 Å². The topological polar surface area (TPSA) is 87.2 Å². The van der Waals surface area contributed by atoms with Gasteiger partial charge in [-0.25, -0.2) is 4.79 Å². The van der Waals surface area contributed by atoms with E-state index >= 15 is 0 Å². The van der Waals surface area contributed by atoms with Crippen LogP contribution in [0.15, 0.2) is 58.1 Å².